The quantitative estimate of drug-likeness (QED) is 0.608. The van der Waals surface area contributed by atoms with E-state index in [9.17, 15) is 9.59 Å². The van der Waals surface area contributed by atoms with E-state index < -0.39 is 10.8 Å². The van der Waals surface area contributed by atoms with E-state index in [0.29, 0.717) is 0 Å². The van der Waals surface area contributed by atoms with Gasteiger partial charge in [0, 0.05) is 6.92 Å². The number of aliphatic carboxylic acids is 1. The van der Waals surface area contributed by atoms with Crippen LogP contribution in [0.2, 0.25) is 0 Å². The summed E-state index contributed by atoms with van der Waals surface area (Å²) in [5.74, 6) is -1.38. The zero-order valence-corrected chi connectivity index (χ0v) is 7.49. The molecule has 0 saturated heterocycles. The van der Waals surface area contributed by atoms with Crippen LogP contribution in [0, 0.1) is 0 Å². The molecule has 4 nitrogen and oxygen atoms in total. The molecule has 0 aliphatic heterocycles. The van der Waals surface area contributed by atoms with Crippen LogP contribution in [-0.2, 0) is 9.59 Å². The lowest BCUT2D eigenvalue weighted by molar-refractivity contribution is -0.142. The molecule has 0 aromatic carbocycles. The number of nitrogens with one attached hydrogen (secondary N) is 1. The Hall–Kier alpha value is -0.710. The van der Waals surface area contributed by atoms with E-state index in [2.05, 4.69) is 5.32 Å². The highest BCUT2D eigenvalue weighted by atomic mass is 32.2. The Labute approximate surface area is 69.4 Å². The lowest BCUT2D eigenvalue weighted by Gasteiger charge is -2.22. The Morgan fingerprint density at radius 1 is 1.55 bits per heavy atom. The van der Waals surface area contributed by atoms with Gasteiger partial charge in [0.15, 0.2) is 4.87 Å². The smallest absolute Gasteiger partial charge is 0.339 e. The standard InChI is InChI=1S/C6H11NO3S/c1-4(8)7-6(2,11-3)5(9)10/h1-3H3,(H,7,8)(H,9,10). The summed E-state index contributed by atoms with van der Waals surface area (Å²) in [6.07, 6.45) is 1.63. The van der Waals surface area contributed by atoms with Crippen molar-refractivity contribution in [2.75, 3.05) is 6.26 Å². The SMILES string of the molecule is CSC(C)(NC(C)=O)C(=O)O. The van der Waals surface area contributed by atoms with Crippen LogP contribution in [0.1, 0.15) is 13.8 Å². The number of carbonyl (C=O) groups is 2. The third-order valence-corrected chi connectivity index (χ3v) is 2.32. The Balaban J connectivity index is 4.34. The number of carbonyl (C=O) groups excluding carboxylic acids is 1. The molecule has 0 radical (unpaired) electrons. The fraction of sp³-hybridized carbons (Fsp3) is 0.667. The third-order valence-electron chi connectivity index (χ3n) is 1.23. The van der Waals surface area contributed by atoms with Gasteiger partial charge in [-0.1, -0.05) is 0 Å². The van der Waals surface area contributed by atoms with E-state index in [1.165, 1.54) is 13.8 Å². The molecule has 0 aromatic rings. The first-order valence-electron chi connectivity index (χ1n) is 2.99. The highest BCUT2D eigenvalue weighted by molar-refractivity contribution is 8.00. The average molecular weight is 177 g/mol. The molecular weight excluding hydrogens is 166 g/mol. The van der Waals surface area contributed by atoms with Crippen molar-refractivity contribution in [1.82, 2.24) is 5.32 Å². The van der Waals surface area contributed by atoms with Gasteiger partial charge in [-0.05, 0) is 13.2 Å². The van der Waals surface area contributed by atoms with E-state index in [4.69, 9.17) is 5.11 Å². The van der Waals surface area contributed by atoms with Crippen molar-refractivity contribution < 1.29 is 14.7 Å². The zero-order chi connectivity index (χ0) is 9.07. The van der Waals surface area contributed by atoms with Crippen molar-refractivity contribution in [3.63, 3.8) is 0 Å². The van der Waals surface area contributed by atoms with Crippen LogP contribution in [0.5, 0.6) is 0 Å². The van der Waals surface area contributed by atoms with Crippen LogP contribution >= 0.6 is 11.8 Å². The number of amides is 1. The first kappa shape index (κ1) is 10.3. The van der Waals surface area contributed by atoms with E-state index in [1.54, 1.807) is 6.26 Å². The lowest BCUT2D eigenvalue weighted by Crippen LogP contribution is -2.48. The van der Waals surface area contributed by atoms with Gasteiger partial charge in [0.05, 0.1) is 0 Å². The van der Waals surface area contributed by atoms with Gasteiger partial charge in [-0.3, -0.25) is 4.79 Å². The van der Waals surface area contributed by atoms with Gasteiger partial charge in [0.2, 0.25) is 5.91 Å². The molecule has 5 heteroatoms. The molecule has 0 heterocycles. The van der Waals surface area contributed by atoms with Gasteiger partial charge in [0.1, 0.15) is 0 Å². The van der Waals surface area contributed by atoms with Crippen molar-refractivity contribution in [1.29, 1.82) is 0 Å². The van der Waals surface area contributed by atoms with E-state index in [0.717, 1.165) is 11.8 Å². The summed E-state index contributed by atoms with van der Waals surface area (Å²) in [6, 6.07) is 0. The molecule has 0 aliphatic rings. The molecule has 11 heavy (non-hydrogen) atoms. The second-order valence-electron chi connectivity index (χ2n) is 2.22. The number of carboxylic acids is 1. The number of hydrogen-bond acceptors (Lipinski definition) is 3. The van der Waals surface area contributed by atoms with Crippen molar-refractivity contribution in [3.8, 4) is 0 Å². The second-order valence-corrected chi connectivity index (χ2v) is 3.45. The van der Waals surface area contributed by atoms with Crippen molar-refractivity contribution in [2.45, 2.75) is 18.7 Å². The Morgan fingerprint density at radius 2 is 2.00 bits per heavy atom. The van der Waals surface area contributed by atoms with Gasteiger partial charge in [-0.2, -0.15) is 0 Å². The summed E-state index contributed by atoms with van der Waals surface area (Å²) >= 11 is 1.08. The molecule has 2 N–H and O–H groups in total. The predicted molar refractivity (Wildman–Crippen MR) is 43.4 cm³/mol. The molecule has 0 aromatic heterocycles. The average Bonchev–Trinajstić information content (AvgIpc) is 1.86. The zero-order valence-electron chi connectivity index (χ0n) is 6.67. The minimum absolute atomic E-state index is 0.343. The summed E-state index contributed by atoms with van der Waals surface area (Å²) in [4.78, 5) is 19.9. The maximum absolute atomic E-state index is 10.6. The topological polar surface area (TPSA) is 66.4 Å². The number of rotatable bonds is 3. The molecule has 0 spiro atoms. The fourth-order valence-corrected chi connectivity index (χ4v) is 0.948. The van der Waals surface area contributed by atoms with Crippen LogP contribution in [-0.4, -0.2) is 28.1 Å². The van der Waals surface area contributed by atoms with Crippen molar-refractivity contribution >= 4 is 23.6 Å². The van der Waals surface area contributed by atoms with Crippen LogP contribution in [0.15, 0.2) is 0 Å². The first-order chi connectivity index (χ1) is 4.92. The summed E-state index contributed by atoms with van der Waals surface area (Å²) in [7, 11) is 0. The normalized spacial score (nSPS) is 15.2. The van der Waals surface area contributed by atoms with Crippen LogP contribution in [0.25, 0.3) is 0 Å². The van der Waals surface area contributed by atoms with E-state index in [1.807, 2.05) is 0 Å². The monoisotopic (exact) mass is 177 g/mol. The highest BCUT2D eigenvalue weighted by Gasteiger charge is 2.32. The highest BCUT2D eigenvalue weighted by Crippen LogP contribution is 2.18. The van der Waals surface area contributed by atoms with E-state index in [-0.39, 0.29) is 5.91 Å². The van der Waals surface area contributed by atoms with Crippen molar-refractivity contribution in [3.05, 3.63) is 0 Å². The predicted octanol–water partition coefficient (Wildman–Crippen LogP) is 0.286. The molecule has 0 aliphatic carbocycles. The van der Waals surface area contributed by atoms with Crippen molar-refractivity contribution in [2.24, 2.45) is 0 Å². The molecule has 0 bridgehead atoms. The first-order valence-corrected chi connectivity index (χ1v) is 4.22. The Bertz CT molecular complexity index is 183. The second kappa shape index (κ2) is 3.61. The summed E-state index contributed by atoms with van der Waals surface area (Å²) < 4.78 is 0. The summed E-state index contributed by atoms with van der Waals surface area (Å²) in [5.41, 5.74) is 0. The fourth-order valence-electron chi connectivity index (χ4n) is 0.528. The maximum atomic E-state index is 10.6. The number of thioether (sulfide) groups is 1. The van der Waals surface area contributed by atoms with Crippen LogP contribution in [0.4, 0.5) is 0 Å². The van der Waals surface area contributed by atoms with Gasteiger partial charge >= 0.3 is 5.97 Å². The van der Waals surface area contributed by atoms with Gasteiger partial charge in [0.25, 0.3) is 0 Å². The molecule has 1 unspecified atom stereocenters. The van der Waals surface area contributed by atoms with E-state index >= 15 is 0 Å². The number of hydrogen-bond donors (Lipinski definition) is 2. The summed E-state index contributed by atoms with van der Waals surface area (Å²) in [6.45, 7) is 2.73. The van der Waals surface area contributed by atoms with Crippen LogP contribution < -0.4 is 5.32 Å². The lowest BCUT2D eigenvalue weighted by atomic mass is 10.3. The molecule has 64 valence electrons. The minimum atomic E-state index is -1.20. The summed E-state index contributed by atoms with van der Waals surface area (Å²) in [5, 5.41) is 11.0. The molecule has 0 rings (SSSR count). The number of carboxylic acid groups (broad SMARTS) is 1. The molecular formula is C6H11NO3S. The van der Waals surface area contributed by atoms with Gasteiger partial charge in [-0.25, -0.2) is 4.79 Å². The maximum Gasteiger partial charge on any atom is 0.339 e. The van der Waals surface area contributed by atoms with Gasteiger partial charge < -0.3 is 10.4 Å². The Kier molecular flexibility index (Phi) is 3.38. The van der Waals surface area contributed by atoms with Gasteiger partial charge in [-0.15, -0.1) is 11.8 Å². The molecule has 0 fully saturated rings. The Morgan fingerprint density at radius 3 is 2.09 bits per heavy atom. The third kappa shape index (κ3) is 2.80. The molecule has 1 atom stereocenters. The largest absolute Gasteiger partial charge is 0.479 e. The minimum Gasteiger partial charge on any atom is -0.479 e. The van der Waals surface area contributed by atoms with Crippen LogP contribution in [0.3, 0.4) is 0 Å². The molecule has 1 amide bonds. The molecule has 0 saturated carbocycles.